The van der Waals surface area contributed by atoms with Gasteiger partial charge in [-0.2, -0.15) is 13.2 Å². The number of aromatic nitrogens is 5. The van der Waals surface area contributed by atoms with Crippen molar-refractivity contribution in [3.63, 3.8) is 0 Å². The lowest BCUT2D eigenvalue weighted by Gasteiger charge is -2.12. The third kappa shape index (κ3) is 4.92. The monoisotopic (exact) mass is 490 g/mol. The molecule has 3 heterocycles. The van der Waals surface area contributed by atoms with Crippen molar-refractivity contribution in [2.24, 2.45) is 0 Å². The minimum atomic E-state index is -4.50. The molecule has 0 saturated heterocycles. The highest BCUT2D eigenvalue weighted by atomic mass is 19.4. The standard InChI is InChI=1S/C24H17F3N8O/c25-24(26,27)14-3-1-4-17(11-14)35-23(36)34-16-8-6-15(7-9-16)33-21-18(5-2-10-28-21)19-20-22(31-12-29-19)32-13-30-20/h1-13H,(H,28,33)(H2,34,35,36)(H,29,30,31,32). The number of H-pyrrole nitrogens is 1. The van der Waals surface area contributed by atoms with Crippen molar-refractivity contribution in [2.75, 3.05) is 16.0 Å². The molecule has 4 N–H and O–H groups in total. The largest absolute Gasteiger partial charge is 0.416 e. The first-order chi connectivity index (χ1) is 17.4. The van der Waals surface area contributed by atoms with E-state index >= 15 is 0 Å². The van der Waals surface area contributed by atoms with Crippen molar-refractivity contribution in [2.45, 2.75) is 6.18 Å². The number of fused-ring (bicyclic) bond motifs is 1. The van der Waals surface area contributed by atoms with Crippen LogP contribution in [0.3, 0.4) is 0 Å². The van der Waals surface area contributed by atoms with Gasteiger partial charge in [-0.05, 0) is 54.6 Å². The highest BCUT2D eigenvalue weighted by Crippen LogP contribution is 2.32. The molecule has 3 aromatic heterocycles. The van der Waals surface area contributed by atoms with E-state index in [1.807, 2.05) is 6.07 Å². The second-order valence-corrected chi connectivity index (χ2v) is 7.58. The summed E-state index contributed by atoms with van der Waals surface area (Å²) in [7, 11) is 0. The smallest absolute Gasteiger partial charge is 0.340 e. The molecule has 5 aromatic rings. The number of carbonyl (C=O) groups is 1. The van der Waals surface area contributed by atoms with E-state index in [9.17, 15) is 18.0 Å². The van der Waals surface area contributed by atoms with Crippen LogP contribution in [-0.2, 0) is 6.18 Å². The maximum absolute atomic E-state index is 12.9. The Hall–Kier alpha value is -5.00. The predicted octanol–water partition coefficient (Wildman–Crippen LogP) is 5.82. The first-order valence-corrected chi connectivity index (χ1v) is 10.6. The van der Waals surface area contributed by atoms with Crippen LogP contribution < -0.4 is 16.0 Å². The Labute approximate surface area is 201 Å². The number of rotatable bonds is 5. The lowest BCUT2D eigenvalue weighted by molar-refractivity contribution is -0.137. The first kappa shape index (κ1) is 22.8. The molecule has 2 aromatic carbocycles. The van der Waals surface area contributed by atoms with Crippen molar-refractivity contribution in [1.29, 1.82) is 0 Å². The molecule has 0 bridgehead atoms. The minimum absolute atomic E-state index is 0.0269. The zero-order valence-electron chi connectivity index (χ0n) is 18.3. The maximum Gasteiger partial charge on any atom is 0.416 e. The fraction of sp³-hybridized carbons (Fsp3) is 0.0417. The third-order valence-corrected chi connectivity index (χ3v) is 5.13. The number of imidazole rings is 1. The molecule has 0 spiro atoms. The van der Waals surface area contributed by atoms with E-state index in [4.69, 9.17) is 0 Å². The third-order valence-electron chi connectivity index (χ3n) is 5.13. The van der Waals surface area contributed by atoms with Gasteiger partial charge in [-0.15, -0.1) is 0 Å². The van der Waals surface area contributed by atoms with E-state index in [0.717, 1.165) is 17.7 Å². The minimum Gasteiger partial charge on any atom is -0.340 e. The number of nitrogens with zero attached hydrogens (tertiary/aromatic N) is 4. The van der Waals surface area contributed by atoms with Gasteiger partial charge in [0.05, 0.1) is 11.9 Å². The highest BCUT2D eigenvalue weighted by molar-refractivity contribution is 6.00. The Morgan fingerprint density at radius 3 is 2.42 bits per heavy atom. The van der Waals surface area contributed by atoms with Crippen molar-refractivity contribution in [3.05, 3.63) is 85.1 Å². The van der Waals surface area contributed by atoms with Crippen LogP contribution in [0.5, 0.6) is 0 Å². The van der Waals surface area contributed by atoms with Crippen LogP contribution in [0, 0.1) is 0 Å². The number of halogens is 3. The van der Waals surface area contributed by atoms with Gasteiger partial charge in [0.15, 0.2) is 5.65 Å². The summed E-state index contributed by atoms with van der Waals surface area (Å²) in [5.74, 6) is 0.545. The molecular weight excluding hydrogens is 473 g/mol. The zero-order chi connectivity index (χ0) is 25.1. The molecule has 0 aliphatic heterocycles. The molecule has 0 aliphatic carbocycles. The molecule has 0 fully saturated rings. The van der Waals surface area contributed by atoms with Crippen LogP contribution >= 0.6 is 0 Å². The Balaban J connectivity index is 1.28. The molecule has 0 aliphatic rings. The van der Waals surface area contributed by atoms with Gasteiger partial charge in [-0.3, -0.25) is 0 Å². The number of amides is 2. The van der Waals surface area contributed by atoms with Crippen LogP contribution in [0.2, 0.25) is 0 Å². The zero-order valence-corrected chi connectivity index (χ0v) is 18.3. The van der Waals surface area contributed by atoms with Crippen LogP contribution in [0.1, 0.15) is 5.56 Å². The van der Waals surface area contributed by atoms with Gasteiger partial charge in [-0.1, -0.05) is 6.07 Å². The molecule has 0 atom stereocenters. The quantitative estimate of drug-likeness (QED) is 0.246. The second-order valence-electron chi connectivity index (χ2n) is 7.58. The van der Waals surface area contributed by atoms with E-state index in [2.05, 4.69) is 40.9 Å². The molecule has 0 saturated carbocycles. The molecule has 180 valence electrons. The topological polar surface area (TPSA) is 121 Å². The summed E-state index contributed by atoms with van der Waals surface area (Å²) >= 11 is 0. The molecule has 36 heavy (non-hydrogen) atoms. The van der Waals surface area contributed by atoms with Crippen LogP contribution in [0.25, 0.3) is 22.4 Å². The van der Waals surface area contributed by atoms with Crippen molar-refractivity contribution in [1.82, 2.24) is 24.9 Å². The van der Waals surface area contributed by atoms with Crippen molar-refractivity contribution in [3.8, 4) is 11.3 Å². The number of nitrogens with one attached hydrogen (secondary N) is 4. The summed E-state index contributed by atoms with van der Waals surface area (Å²) in [4.78, 5) is 32.4. The Morgan fingerprint density at radius 1 is 0.833 bits per heavy atom. The van der Waals surface area contributed by atoms with Gasteiger partial charge in [0, 0.05) is 28.8 Å². The summed E-state index contributed by atoms with van der Waals surface area (Å²) in [6, 6.07) is 14.1. The van der Waals surface area contributed by atoms with Crippen LogP contribution in [0.15, 0.2) is 79.5 Å². The Bertz CT molecular complexity index is 1530. The van der Waals surface area contributed by atoms with Crippen LogP contribution in [-0.4, -0.2) is 31.0 Å². The fourth-order valence-corrected chi connectivity index (χ4v) is 3.50. The molecule has 2 amide bonds. The fourth-order valence-electron chi connectivity index (χ4n) is 3.50. The Kier molecular flexibility index (Phi) is 5.90. The number of hydrogen-bond acceptors (Lipinski definition) is 6. The molecule has 0 unspecified atom stereocenters. The second kappa shape index (κ2) is 9.33. The van der Waals surface area contributed by atoms with Gasteiger partial charge < -0.3 is 20.9 Å². The maximum atomic E-state index is 12.9. The van der Waals surface area contributed by atoms with E-state index in [-0.39, 0.29) is 5.69 Å². The van der Waals surface area contributed by atoms with Gasteiger partial charge in [0.1, 0.15) is 23.4 Å². The van der Waals surface area contributed by atoms with E-state index in [0.29, 0.717) is 34.1 Å². The number of aromatic amines is 1. The number of benzene rings is 2. The number of anilines is 4. The summed E-state index contributed by atoms with van der Waals surface area (Å²) < 4.78 is 38.6. The average Bonchev–Trinajstić information content (AvgIpc) is 3.34. The lowest BCUT2D eigenvalue weighted by atomic mass is 10.1. The van der Waals surface area contributed by atoms with E-state index in [1.165, 1.54) is 18.5 Å². The van der Waals surface area contributed by atoms with E-state index < -0.39 is 17.8 Å². The summed E-state index contributed by atoms with van der Waals surface area (Å²) in [5, 5.41) is 8.21. The van der Waals surface area contributed by atoms with Crippen LogP contribution in [0.4, 0.5) is 40.8 Å². The number of urea groups is 1. The first-order valence-electron chi connectivity index (χ1n) is 10.6. The van der Waals surface area contributed by atoms with Gasteiger partial charge >= 0.3 is 12.2 Å². The van der Waals surface area contributed by atoms with Gasteiger partial charge in [0.2, 0.25) is 0 Å². The number of carbonyl (C=O) groups excluding carboxylic acids is 1. The number of hydrogen-bond donors (Lipinski definition) is 4. The summed E-state index contributed by atoms with van der Waals surface area (Å²) in [6.45, 7) is 0. The van der Waals surface area contributed by atoms with Gasteiger partial charge in [0.25, 0.3) is 0 Å². The summed E-state index contributed by atoms with van der Waals surface area (Å²) in [6.07, 6.45) is 0.129. The molecule has 5 rings (SSSR count). The molecule has 9 nitrogen and oxygen atoms in total. The normalized spacial score (nSPS) is 11.3. The SMILES string of the molecule is O=C(Nc1ccc(Nc2ncccc2-c2ncnc3[nH]cnc23)cc1)Nc1cccc(C(F)(F)F)c1. The molecule has 12 heteroatoms. The summed E-state index contributed by atoms with van der Waals surface area (Å²) in [5.41, 5.74) is 2.86. The van der Waals surface area contributed by atoms with Gasteiger partial charge in [-0.25, -0.2) is 24.7 Å². The highest BCUT2D eigenvalue weighted by Gasteiger charge is 2.30. The van der Waals surface area contributed by atoms with Crippen molar-refractivity contribution >= 4 is 40.1 Å². The number of alkyl halides is 3. The molecular formula is C24H17F3N8O. The van der Waals surface area contributed by atoms with E-state index in [1.54, 1.807) is 42.9 Å². The predicted molar refractivity (Wildman–Crippen MR) is 129 cm³/mol. The lowest BCUT2D eigenvalue weighted by Crippen LogP contribution is -2.19. The number of pyridine rings is 1. The van der Waals surface area contributed by atoms with Crippen molar-refractivity contribution < 1.29 is 18.0 Å². The Morgan fingerprint density at radius 2 is 1.61 bits per heavy atom. The average molecular weight is 490 g/mol. The molecule has 0 radical (unpaired) electrons.